The number of rotatable bonds is 2. The summed E-state index contributed by atoms with van der Waals surface area (Å²) in [6.45, 7) is 0. The van der Waals surface area contributed by atoms with E-state index in [4.69, 9.17) is 0 Å². The van der Waals surface area contributed by atoms with Crippen molar-refractivity contribution in [2.75, 3.05) is 4.90 Å². The highest BCUT2D eigenvalue weighted by molar-refractivity contribution is 7.08. The second-order valence-electron chi connectivity index (χ2n) is 6.28. The number of allylic oxidation sites excluding steroid dienone is 2. The number of amides is 1. The molecule has 4 rings (SSSR count). The fraction of sp³-hybridized carbons (Fsp3) is 0.263. The fourth-order valence-electron chi connectivity index (χ4n) is 3.69. The number of hydrogen-bond acceptors (Lipinski definition) is 3. The Morgan fingerprint density at radius 1 is 1.12 bits per heavy atom. The maximum absolute atomic E-state index is 14.3. The SMILES string of the molecule is O=C1CCCC2=C1[C@H](c1ccsc1)CC(=O)N2c1ccc(F)cc1F. The van der Waals surface area contributed by atoms with E-state index in [9.17, 15) is 18.4 Å². The smallest absolute Gasteiger partial charge is 0.232 e. The van der Waals surface area contributed by atoms with Crippen molar-refractivity contribution in [3.8, 4) is 0 Å². The molecule has 1 aliphatic carbocycles. The number of halogens is 2. The Labute approximate surface area is 147 Å². The maximum Gasteiger partial charge on any atom is 0.232 e. The van der Waals surface area contributed by atoms with Crippen LogP contribution in [0.4, 0.5) is 14.5 Å². The molecule has 0 bridgehead atoms. The number of carbonyl (C=O) groups excluding carboxylic acids is 2. The monoisotopic (exact) mass is 359 g/mol. The van der Waals surface area contributed by atoms with Gasteiger partial charge < -0.3 is 0 Å². The zero-order valence-corrected chi connectivity index (χ0v) is 14.1. The molecule has 1 amide bonds. The zero-order valence-electron chi connectivity index (χ0n) is 13.3. The fourth-order valence-corrected chi connectivity index (χ4v) is 4.41. The van der Waals surface area contributed by atoms with Gasteiger partial charge in [0.05, 0.1) is 5.69 Å². The Morgan fingerprint density at radius 2 is 1.96 bits per heavy atom. The van der Waals surface area contributed by atoms with Crippen LogP contribution in [0, 0.1) is 11.6 Å². The number of carbonyl (C=O) groups is 2. The van der Waals surface area contributed by atoms with Crippen molar-refractivity contribution < 1.29 is 18.4 Å². The third-order valence-electron chi connectivity index (χ3n) is 4.77. The van der Waals surface area contributed by atoms with E-state index in [0.717, 1.165) is 17.7 Å². The van der Waals surface area contributed by atoms with Crippen molar-refractivity contribution in [1.29, 1.82) is 0 Å². The van der Waals surface area contributed by atoms with E-state index >= 15 is 0 Å². The Bertz CT molecular complexity index is 889. The lowest BCUT2D eigenvalue weighted by Gasteiger charge is -2.38. The van der Waals surface area contributed by atoms with Gasteiger partial charge in [0.15, 0.2) is 5.78 Å². The highest BCUT2D eigenvalue weighted by atomic mass is 32.1. The molecule has 2 aliphatic rings. The van der Waals surface area contributed by atoms with Crippen LogP contribution in [0.25, 0.3) is 0 Å². The van der Waals surface area contributed by atoms with E-state index in [1.54, 1.807) is 0 Å². The zero-order chi connectivity index (χ0) is 17.6. The third-order valence-corrected chi connectivity index (χ3v) is 5.47. The minimum absolute atomic E-state index is 0.0115. The molecule has 1 aliphatic heterocycles. The number of thiophene rings is 1. The molecule has 128 valence electrons. The highest BCUT2D eigenvalue weighted by Crippen LogP contribution is 2.44. The van der Waals surface area contributed by atoms with Gasteiger partial charge in [-0.1, -0.05) is 0 Å². The number of ketones is 1. The van der Waals surface area contributed by atoms with Gasteiger partial charge in [-0.05, 0) is 47.4 Å². The summed E-state index contributed by atoms with van der Waals surface area (Å²) in [7, 11) is 0. The Morgan fingerprint density at radius 3 is 2.68 bits per heavy atom. The van der Waals surface area contributed by atoms with E-state index in [1.165, 1.54) is 22.3 Å². The first kappa shape index (κ1) is 16.1. The molecule has 2 aromatic rings. The van der Waals surface area contributed by atoms with Crippen LogP contribution in [-0.2, 0) is 9.59 Å². The Kier molecular flexibility index (Phi) is 4.00. The maximum atomic E-state index is 14.3. The van der Waals surface area contributed by atoms with Crippen LogP contribution in [0.1, 0.15) is 37.2 Å². The molecular formula is C19H15F2NO2S. The van der Waals surface area contributed by atoms with Crippen LogP contribution in [0.3, 0.4) is 0 Å². The van der Waals surface area contributed by atoms with Crippen molar-refractivity contribution in [2.24, 2.45) is 0 Å². The largest absolute Gasteiger partial charge is 0.294 e. The van der Waals surface area contributed by atoms with Crippen LogP contribution >= 0.6 is 11.3 Å². The molecule has 0 unspecified atom stereocenters. The van der Waals surface area contributed by atoms with Crippen molar-refractivity contribution in [3.05, 3.63) is 63.5 Å². The molecule has 0 saturated heterocycles. The molecule has 2 heterocycles. The average Bonchev–Trinajstić information content (AvgIpc) is 3.10. The van der Waals surface area contributed by atoms with Crippen molar-refractivity contribution in [3.63, 3.8) is 0 Å². The van der Waals surface area contributed by atoms with Gasteiger partial charge in [-0.15, -0.1) is 0 Å². The summed E-state index contributed by atoms with van der Waals surface area (Å²) in [6, 6.07) is 5.07. The lowest BCUT2D eigenvalue weighted by molar-refractivity contribution is -0.120. The Hall–Kier alpha value is -2.34. The molecular weight excluding hydrogens is 344 g/mol. The molecule has 0 saturated carbocycles. The summed E-state index contributed by atoms with van der Waals surface area (Å²) in [5.41, 5.74) is 2.12. The summed E-state index contributed by atoms with van der Waals surface area (Å²) in [4.78, 5) is 26.7. The quantitative estimate of drug-likeness (QED) is 0.789. The molecule has 1 atom stereocenters. The first-order chi connectivity index (χ1) is 12.1. The summed E-state index contributed by atoms with van der Waals surface area (Å²) in [5.74, 6) is -2.03. The number of anilines is 1. The van der Waals surface area contributed by atoms with Gasteiger partial charge in [0, 0.05) is 36.1 Å². The summed E-state index contributed by atoms with van der Waals surface area (Å²) in [6.07, 6.45) is 1.70. The van der Waals surface area contributed by atoms with Crippen LogP contribution in [0.15, 0.2) is 46.3 Å². The molecule has 0 fully saturated rings. The lowest BCUT2D eigenvalue weighted by Crippen LogP contribution is -2.40. The van der Waals surface area contributed by atoms with Crippen LogP contribution in [-0.4, -0.2) is 11.7 Å². The van der Waals surface area contributed by atoms with Gasteiger partial charge in [-0.2, -0.15) is 11.3 Å². The lowest BCUT2D eigenvalue weighted by atomic mass is 9.78. The Balaban J connectivity index is 1.88. The number of nitrogens with zero attached hydrogens (tertiary/aromatic N) is 1. The van der Waals surface area contributed by atoms with Crippen LogP contribution < -0.4 is 4.90 Å². The van der Waals surface area contributed by atoms with Gasteiger partial charge in [-0.3, -0.25) is 14.5 Å². The molecule has 6 heteroatoms. The molecule has 3 nitrogen and oxygen atoms in total. The second kappa shape index (κ2) is 6.19. The van der Waals surface area contributed by atoms with Crippen LogP contribution in [0.2, 0.25) is 0 Å². The normalized spacial score (nSPS) is 20.9. The van der Waals surface area contributed by atoms with Gasteiger partial charge in [-0.25, -0.2) is 8.78 Å². The summed E-state index contributed by atoms with van der Waals surface area (Å²) >= 11 is 1.52. The molecule has 0 N–H and O–H groups in total. The summed E-state index contributed by atoms with van der Waals surface area (Å²) in [5, 5.41) is 3.86. The van der Waals surface area contributed by atoms with Crippen molar-refractivity contribution in [2.45, 2.75) is 31.6 Å². The molecule has 1 aromatic carbocycles. The number of Topliss-reactive ketones (excluding diaryl/α,β-unsaturated/α-hetero) is 1. The van der Waals surface area contributed by atoms with E-state index in [0.29, 0.717) is 30.5 Å². The molecule has 0 radical (unpaired) electrons. The minimum Gasteiger partial charge on any atom is -0.294 e. The van der Waals surface area contributed by atoms with E-state index < -0.39 is 11.6 Å². The van der Waals surface area contributed by atoms with Crippen molar-refractivity contribution in [1.82, 2.24) is 0 Å². The van der Waals surface area contributed by atoms with Gasteiger partial charge >= 0.3 is 0 Å². The topological polar surface area (TPSA) is 37.4 Å². The standard InChI is InChI=1S/C19H15F2NO2S/c20-12-4-5-15(14(21)8-12)22-16-2-1-3-17(23)19(16)13(9-18(22)24)11-6-7-25-10-11/h4-8,10,13H,1-3,9H2/t13-/m0/s1. The number of hydrogen-bond donors (Lipinski definition) is 0. The van der Waals surface area contributed by atoms with Gasteiger partial charge in [0.1, 0.15) is 11.6 Å². The van der Waals surface area contributed by atoms with Crippen LogP contribution in [0.5, 0.6) is 0 Å². The third kappa shape index (κ3) is 2.70. The second-order valence-corrected chi connectivity index (χ2v) is 7.06. The van der Waals surface area contributed by atoms with E-state index in [2.05, 4.69) is 0 Å². The highest BCUT2D eigenvalue weighted by Gasteiger charge is 2.40. The van der Waals surface area contributed by atoms with E-state index in [-0.39, 0.29) is 29.7 Å². The predicted octanol–water partition coefficient (Wildman–Crippen LogP) is 4.55. The van der Waals surface area contributed by atoms with Gasteiger partial charge in [0.2, 0.25) is 5.91 Å². The first-order valence-corrected chi connectivity index (χ1v) is 9.07. The molecule has 1 aromatic heterocycles. The average molecular weight is 359 g/mol. The van der Waals surface area contributed by atoms with E-state index in [1.807, 2.05) is 16.8 Å². The predicted molar refractivity (Wildman–Crippen MR) is 91.4 cm³/mol. The molecule has 0 spiro atoms. The minimum atomic E-state index is -0.799. The molecule has 25 heavy (non-hydrogen) atoms. The first-order valence-electron chi connectivity index (χ1n) is 8.12. The number of benzene rings is 1. The van der Waals surface area contributed by atoms with Gasteiger partial charge in [0.25, 0.3) is 0 Å². The summed E-state index contributed by atoms with van der Waals surface area (Å²) < 4.78 is 27.5. The van der Waals surface area contributed by atoms with Crippen molar-refractivity contribution >= 4 is 28.7 Å².